The van der Waals surface area contributed by atoms with Gasteiger partial charge >= 0.3 is 0 Å². The Labute approximate surface area is 195 Å². The molecule has 1 heterocycles. The summed E-state index contributed by atoms with van der Waals surface area (Å²) >= 11 is 0. The quantitative estimate of drug-likeness (QED) is 0.308. The van der Waals surface area contributed by atoms with Crippen molar-refractivity contribution in [2.75, 3.05) is 4.72 Å². The highest BCUT2D eigenvalue weighted by molar-refractivity contribution is 7.92. The maximum atomic E-state index is 12.4. The minimum absolute atomic E-state index is 0.0561. The van der Waals surface area contributed by atoms with Gasteiger partial charge in [-0.25, -0.2) is 13.4 Å². The van der Waals surface area contributed by atoms with E-state index in [0.717, 1.165) is 0 Å². The maximum absolute atomic E-state index is 12.4. The fourth-order valence-electron chi connectivity index (χ4n) is 2.30. The standard InChI is InChI=1S/C19H16N4O4S.C3H8.C2H6/c1-13(24)17-12-15(7-10-18(17)25)22-21-14-5-8-16(9-6-14)28(26,27)23-19-4-2-3-11-20-19;1-3-2;1-2/h2-12,25H,1H3,(H,20,23);3H2,1-2H3;1-2H3. The molecular formula is C24H30N4O4S. The number of phenolic OH excluding ortho intramolecular Hbond substituents is 1. The summed E-state index contributed by atoms with van der Waals surface area (Å²) in [5, 5.41) is 17.7. The van der Waals surface area contributed by atoms with Gasteiger partial charge in [-0.3, -0.25) is 9.52 Å². The lowest BCUT2D eigenvalue weighted by molar-refractivity contribution is 0.101. The minimum atomic E-state index is -3.77. The number of hydrogen-bond acceptors (Lipinski definition) is 7. The number of ketones is 1. The Balaban J connectivity index is 0.00000101. The molecule has 0 unspecified atom stereocenters. The van der Waals surface area contributed by atoms with E-state index in [9.17, 15) is 18.3 Å². The average Bonchev–Trinajstić information content (AvgIpc) is 2.81. The molecule has 2 N–H and O–H groups in total. The molecule has 176 valence electrons. The number of nitrogens with zero attached hydrogens (tertiary/aromatic N) is 3. The molecule has 0 aliphatic rings. The zero-order valence-corrected chi connectivity index (χ0v) is 20.3. The number of pyridine rings is 1. The molecule has 3 rings (SSSR count). The lowest BCUT2D eigenvalue weighted by atomic mass is 10.1. The number of aromatic hydroxyl groups is 1. The van der Waals surface area contributed by atoms with Crippen LogP contribution in [0.4, 0.5) is 17.2 Å². The number of carbonyl (C=O) groups is 1. The lowest BCUT2D eigenvalue weighted by Crippen LogP contribution is -2.13. The van der Waals surface area contributed by atoms with Gasteiger partial charge in [-0.1, -0.05) is 40.2 Å². The second-order valence-electron chi connectivity index (χ2n) is 6.48. The van der Waals surface area contributed by atoms with E-state index < -0.39 is 10.0 Å². The van der Waals surface area contributed by atoms with Crippen LogP contribution in [-0.2, 0) is 10.0 Å². The van der Waals surface area contributed by atoms with Crippen LogP contribution in [0.5, 0.6) is 5.75 Å². The van der Waals surface area contributed by atoms with Crippen molar-refractivity contribution in [3.8, 4) is 5.75 Å². The molecule has 0 aliphatic carbocycles. The van der Waals surface area contributed by atoms with Crippen LogP contribution in [0.1, 0.15) is 51.4 Å². The van der Waals surface area contributed by atoms with Crippen LogP contribution in [0.25, 0.3) is 0 Å². The number of aromatic nitrogens is 1. The van der Waals surface area contributed by atoms with Crippen LogP contribution < -0.4 is 4.72 Å². The monoisotopic (exact) mass is 470 g/mol. The fourth-order valence-corrected chi connectivity index (χ4v) is 3.30. The number of rotatable bonds is 6. The van der Waals surface area contributed by atoms with Crippen LogP contribution in [-0.4, -0.2) is 24.3 Å². The molecule has 2 aromatic carbocycles. The second-order valence-corrected chi connectivity index (χ2v) is 8.16. The SMILES string of the molecule is CC.CC(=O)c1cc(N=Nc2ccc(S(=O)(=O)Nc3ccccn3)cc2)ccc1O.CCC. The van der Waals surface area contributed by atoms with Crippen molar-refractivity contribution in [1.29, 1.82) is 0 Å². The number of carbonyl (C=O) groups excluding carboxylic acids is 1. The van der Waals surface area contributed by atoms with E-state index in [1.807, 2.05) is 13.8 Å². The van der Waals surface area contributed by atoms with Crippen molar-refractivity contribution in [1.82, 2.24) is 4.98 Å². The predicted octanol–water partition coefficient (Wildman–Crippen LogP) is 6.65. The van der Waals surface area contributed by atoms with E-state index in [0.29, 0.717) is 11.4 Å². The first-order valence-electron chi connectivity index (χ1n) is 10.6. The molecule has 0 radical (unpaired) electrons. The smallest absolute Gasteiger partial charge is 0.263 e. The van der Waals surface area contributed by atoms with Crippen molar-refractivity contribution < 1.29 is 18.3 Å². The molecule has 0 bridgehead atoms. The largest absolute Gasteiger partial charge is 0.507 e. The molecule has 0 atom stereocenters. The Morgan fingerprint density at radius 2 is 1.55 bits per heavy atom. The number of benzene rings is 2. The Morgan fingerprint density at radius 1 is 0.970 bits per heavy atom. The van der Waals surface area contributed by atoms with E-state index in [4.69, 9.17) is 0 Å². The van der Waals surface area contributed by atoms with Gasteiger partial charge in [0.2, 0.25) is 0 Å². The summed E-state index contributed by atoms with van der Waals surface area (Å²) < 4.78 is 27.1. The highest BCUT2D eigenvalue weighted by Gasteiger charge is 2.14. The number of Topliss-reactive ketones (excluding diaryl/α,β-unsaturated/α-hetero) is 1. The van der Waals surface area contributed by atoms with Crippen molar-refractivity contribution >= 4 is 33.0 Å². The molecule has 1 aromatic heterocycles. The zero-order chi connectivity index (χ0) is 24.9. The molecule has 33 heavy (non-hydrogen) atoms. The maximum Gasteiger partial charge on any atom is 0.263 e. The average molecular weight is 471 g/mol. The Kier molecular flexibility index (Phi) is 11.4. The predicted molar refractivity (Wildman–Crippen MR) is 131 cm³/mol. The molecule has 0 saturated heterocycles. The summed E-state index contributed by atoms with van der Waals surface area (Å²) in [6.07, 6.45) is 2.74. The van der Waals surface area contributed by atoms with Crippen LogP contribution in [0.3, 0.4) is 0 Å². The van der Waals surface area contributed by atoms with Crippen molar-refractivity contribution in [3.05, 3.63) is 72.4 Å². The molecule has 0 aliphatic heterocycles. The Bertz CT molecular complexity index is 1150. The summed E-state index contributed by atoms with van der Waals surface area (Å²) in [7, 11) is -3.77. The van der Waals surface area contributed by atoms with E-state index in [2.05, 4.69) is 33.8 Å². The van der Waals surface area contributed by atoms with Crippen LogP contribution >= 0.6 is 0 Å². The number of sulfonamides is 1. The van der Waals surface area contributed by atoms with Gasteiger partial charge in [-0.15, -0.1) is 0 Å². The van der Waals surface area contributed by atoms with Gasteiger partial charge in [0.05, 0.1) is 21.8 Å². The summed E-state index contributed by atoms with van der Waals surface area (Å²) in [5.74, 6) is -0.189. The highest BCUT2D eigenvalue weighted by Crippen LogP contribution is 2.26. The lowest BCUT2D eigenvalue weighted by Gasteiger charge is -2.07. The van der Waals surface area contributed by atoms with E-state index in [1.54, 1.807) is 18.2 Å². The molecule has 0 saturated carbocycles. The summed E-state index contributed by atoms with van der Waals surface area (Å²) in [6, 6.07) is 15.0. The van der Waals surface area contributed by atoms with Gasteiger partial charge in [0.25, 0.3) is 10.0 Å². The van der Waals surface area contributed by atoms with Gasteiger partial charge in [0.15, 0.2) is 5.78 Å². The zero-order valence-electron chi connectivity index (χ0n) is 19.5. The summed E-state index contributed by atoms with van der Waals surface area (Å²) in [5.41, 5.74) is 0.962. The number of hydrogen-bond donors (Lipinski definition) is 2. The number of phenols is 1. The number of nitrogens with one attached hydrogen (secondary N) is 1. The summed E-state index contributed by atoms with van der Waals surface area (Å²) in [6.45, 7) is 9.59. The summed E-state index contributed by atoms with van der Waals surface area (Å²) in [4.78, 5) is 15.4. The highest BCUT2D eigenvalue weighted by atomic mass is 32.2. The van der Waals surface area contributed by atoms with Crippen LogP contribution in [0.15, 0.2) is 82.0 Å². The van der Waals surface area contributed by atoms with Gasteiger partial charge in [-0.05, 0) is 61.5 Å². The minimum Gasteiger partial charge on any atom is -0.507 e. The molecule has 3 aromatic rings. The Morgan fingerprint density at radius 3 is 2.09 bits per heavy atom. The third-order valence-electron chi connectivity index (χ3n) is 3.69. The third kappa shape index (κ3) is 8.82. The van der Waals surface area contributed by atoms with Crippen LogP contribution in [0.2, 0.25) is 0 Å². The normalized spacial score (nSPS) is 10.5. The van der Waals surface area contributed by atoms with Gasteiger partial charge < -0.3 is 5.11 Å². The molecule has 9 heteroatoms. The van der Waals surface area contributed by atoms with Crippen molar-refractivity contribution in [3.63, 3.8) is 0 Å². The molecule has 0 spiro atoms. The number of anilines is 1. The van der Waals surface area contributed by atoms with Gasteiger partial charge in [-0.2, -0.15) is 10.2 Å². The first-order chi connectivity index (χ1) is 15.8. The number of azo groups is 1. The van der Waals surface area contributed by atoms with Gasteiger partial charge in [0, 0.05) is 6.20 Å². The Hall–Kier alpha value is -3.59. The van der Waals surface area contributed by atoms with Crippen molar-refractivity contribution in [2.24, 2.45) is 10.2 Å². The second kappa shape index (κ2) is 13.7. The van der Waals surface area contributed by atoms with E-state index >= 15 is 0 Å². The molecule has 8 nitrogen and oxygen atoms in total. The topological polar surface area (TPSA) is 121 Å². The van der Waals surface area contributed by atoms with Gasteiger partial charge in [0.1, 0.15) is 11.6 Å². The first-order valence-corrected chi connectivity index (χ1v) is 12.0. The molecule has 0 amide bonds. The third-order valence-corrected chi connectivity index (χ3v) is 5.06. The molecular weight excluding hydrogens is 440 g/mol. The van der Waals surface area contributed by atoms with E-state index in [-0.39, 0.29) is 27.8 Å². The molecule has 0 fully saturated rings. The van der Waals surface area contributed by atoms with E-state index in [1.165, 1.54) is 62.0 Å². The van der Waals surface area contributed by atoms with Crippen LogP contribution in [0, 0.1) is 0 Å². The fraction of sp³-hybridized carbons (Fsp3) is 0.250. The van der Waals surface area contributed by atoms with Crippen molar-refractivity contribution in [2.45, 2.75) is 45.9 Å². The first kappa shape index (κ1) is 27.4.